The summed E-state index contributed by atoms with van der Waals surface area (Å²) in [6.45, 7) is 16.1. The SMILES string of the molecule is CCN(CC(C)C)c1cccc(CNC(C)(C)C)n1. The molecule has 1 heterocycles. The molecule has 0 bridgehead atoms. The van der Waals surface area contributed by atoms with Crippen LogP contribution in [0.1, 0.15) is 47.2 Å². The van der Waals surface area contributed by atoms with Crippen LogP contribution in [0.25, 0.3) is 0 Å². The van der Waals surface area contributed by atoms with Crippen LogP contribution >= 0.6 is 0 Å². The third kappa shape index (κ3) is 6.06. The van der Waals surface area contributed by atoms with E-state index < -0.39 is 0 Å². The van der Waals surface area contributed by atoms with Gasteiger partial charge in [0.15, 0.2) is 0 Å². The summed E-state index contributed by atoms with van der Waals surface area (Å²) in [4.78, 5) is 7.10. The maximum Gasteiger partial charge on any atom is 0.128 e. The zero-order chi connectivity index (χ0) is 14.5. The van der Waals surface area contributed by atoms with Crippen LogP contribution in [-0.2, 0) is 6.54 Å². The highest BCUT2D eigenvalue weighted by molar-refractivity contribution is 5.39. The van der Waals surface area contributed by atoms with Gasteiger partial charge < -0.3 is 10.2 Å². The molecule has 0 saturated carbocycles. The second-order valence-corrected chi connectivity index (χ2v) is 6.52. The molecule has 1 aromatic heterocycles. The first-order chi connectivity index (χ1) is 8.81. The van der Waals surface area contributed by atoms with Crippen molar-refractivity contribution < 1.29 is 0 Å². The van der Waals surface area contributed by atoms with Crippen LogP contribution in [0, 0.1) is 5.92 Å². The number of hydrogen-bond acceptors (Lipinski definition) is 3. The lowest BCUT2D eigenvalue weighted by atomic mass is 10.1. The van der Waals surface area contributed by atoms with Crippen LogP contribution in [0.3, 0.4) is 0 Å². The smallest absolute Gasteiger partial charge is 0.128 e. The van der Waals surface area contributed by atoms with Gasteiger partial charge in [-0.1, -0.05) is 19.9 Å². The maximum atomic E-state index is 4.76. The molecule has 0 unspecified atom stereocenters. The number of nitrogens with one attached hydrogen (secondary N) is 1. The van der Waals surface area contributed by atoms with E-state index in [2.05, 4.69) is 70.0 Å². The van der Waals surface area contributed by atoms with Gasteiger partial charge in [-0.25, -0.2) is 4.98 Å². The van der Waals surface area contributed by atoms with Crippen LogP contribution in [0.2, 0.25) is 0 Å². The van der Waals surface area contributed by atoms with E-state index in [0.29, 0.717) is 5.92 Å². The molecule has 1 rings (SSSR count). The van der Waals surface area contributed by atoms with E-state index in [0.717, 1.165) is 31.1 Å². The van der Waals surface area contributed by atoms with Gasteiger partial charge >= 0.3 is 0 Å². The third-order valence-electron chi connectivity index (χ3n) is 2.88. The Balaban J connectivity index is 2.75. The Morgan fingerprint density at radius 3 is 2.47 bits per heavy atom. The molecule has 3 heteroatoms. The summed E-state index contributed by atoms with van der Waals surface area (Å²) in [5, 5.41) is 3.48. The van der Waals surface area contributed by atoms with E-state index in [9.17, 15) is 0 Å². The summed E-state index contributed by atoms with van der Waals surface area (Å²) >= 11 is 0. The van der Waals surface area contributed by atoms with Crippen molar-refractivity contribution >= 4 is 5.82 Å². The van der Waals surface area contributed by atoms with Gasteiger partial charge in [0.25, 0.3) is 0 Å². The average Bonchev–Trinajstić information content (AvgIpc) is 2.33. The number of hydrogen-bond donors (Lipinski definition) is 1. The number of pyridine rings is 1. The van der Waals surface area contributed by atoms with Crippen molar-refractivity contribution in [2.45, 2.75) is 53.6 Å². The molecule has 0 atom stereocenters. The Morgan fingerprint density at radius 1 is 1.26 bits per heavy atom. The first-order valence-electron chi connectivity index (χ1n) is 7.27. The minimum atomic E-state index is 0.125. The molecule has 3 nitrogen and oxygen atoms in total. The number of nitrogens with zero attached hydrogens (tertiary/aromatic N) is 2. The van der Waals surface area contributed by atoms with Crippen molar-refractivity contribution in [3.8, 4) is 0 Å². The highest BCUT2D eigenvalue weighted by Gasteiger charge is 2.11. The second-order valence-electron chi connectivity index (χ2n) is 6.52. The van der Waals surface area contributed by atoms with Gasteiger partial charge in [-0.2, -0.15) is 0 Å². The largest absolute Gasteiger partial charge is 0.357 e. The van der Waals surface area contributed by atoms with Crippen LogP contribution < -0.4 is 10.2 Å². The molecule has 19 heavy (non-hydrogen) atoms. The Kier molecular flexibility index (Phi) is 5.80. The van der Waals surface area contributed by atoms with E-state index in [1.807, 2.05) is 0 Å². The second kappa shape index (κ2) is 6.90. The van der Waals surface area contributed by atoms with Gasteiger partial charge in [-0.05, 0) is 45.7 Å². The normalized spacial score (nSPS) is 11.9. The topological polar surface area (TPSA) is 28.2 Å². The minimum absolute atomic E-state index is 0.125. The van der Waals surface area contributed by atoms with Crippen molar-refractivity contribution in [1.82, 2.24) is 10.3 Å². The van der Waals surface area contributed by atoms with Gasteiger partial charge in [0.05, 0.1) is 5.69 Å². The zero-order valence-electron chi connectivity index (χ0n) is 13.3. The average molecular weight is 263 g/mol. The van der Waals surface area contributed by atoms with Crippen molar-refractivity contribution in [1.29, 1.82) is 0 Å². The monoisotopic (exact) mass is 263 g/mol. The molecular weight excluding hydrogens is 234 g/mol. The predicted octanol–water partition coefficient (Wildman–Crippen LogP) is 3.45. The van der Waals surface area contributed by atoms with Gasteiger partial charge in [0.2, 0.25) is 0 Å². The molecule has 108 valence electrons. The highest BCUT2D eigenvalue weighted by atomic mass is 15.2. The number of rotatable bonds is 6. The Bertz CT molecular complexity index is 380. The Morgan fingerprint density at radius 2 is 1.95 bits per heavy atom. The van der Waals surface area contributed by atoms with Crippen molar-refractivity contribution in [3.63, 3.8) is 0 Å². The maximum absolute atomic E-state index is 4.76. The third-order valence-corrected chi connectivity index (χ3v) is 2.88. The molecule has 0 fully saturated rings. The fourth-order valence-electron chi connectivity index (χ4n) is 1.92. The zero-order valence-corrected chi connectivity index (χ0v) is 13.3. The first kappa shape index (κ1) is 16.0. The van der Waals surface area contributed by atoms with Crippen molar-refractivity contribution in [2.24, 2.45) is 5.92 Å². The quantitative estimate of drug-likeness (QED) is 0.852. The summed E-state index contributed by atoms with van der Waals surface area (Å²) in [6, 6.07) is 6.29. The summed E-state index contributed by atoms with van der Waals surface area (Å²) < 4.78 is 0. The lowest BCUT2D eigenvalue weighted by Gasteiger charge is -2.25. The van der Waals surface area contributed by atoms with Crippen LogP contribution in [0.5, 0.6) is 0 Å². The first-order valence-corrected chi connectivity index (χ1v) is 7.27. The van der Waals surface area contributed by atoms with Crippen LogP contribution in [0.15, 0.2) is 18.2 Å². The van der Waals surface area contributed by atoms with E-state index in [1.54, 1.807) is 0 Å². The van der Waals surface area contributed by atoms with E-state index in [-0.39, 0.29) is 5.54 Å². The molecule has 0 aromatic carbocycles. The molecular formula is C16H29N3. The van der Waals surface area contributed by atoms with Crippen molar-refractivity contribution in [2.75, 3.05) is 18.0 Å². The molecule has 1 aromatic rings. The van der Waals surface area contributed by atoms with Crippen LogP contribution in [-0.4, -0.2) is 23.6 Å². The molecule has 0 aliphatic rings. The number of anilines is 1. The van der Waals surface area contributed by atoms with Crippen molar-refractivity contribution in [3.05, 3.63) is 23.9 Å². The lowest BCUT2D eigenvalue weighted by molar-refractivity contribution is 0.421. The van der Waals surface area contributed by atoms with E-state index >= 15 is 0 Å². The molecule has 0 aliphatic carbocycles. The van der Waals surface area contributed by atoms with Gasteiger partial charge in [-0.3, -0.25) is 0 Å². The Labute approximate surface area is 118 Å². The van der Waals surface area contributed by atoms with Gasteiger partial charge in [-0.15, -0.1) is 0 Å². The molecule has 0 amide bonds. The number of aromatic nitrogens is 1. The summed E-state index contributed by atoms with van der Waals surface area (Å²) in [7, 11) is 0. The van der Waals surface area contributed by atoms with E-state index in [1.165, 1.54) is 0 Å². The fraction of sp³-hybridized carbons (Fsp3) is 0.688. The molecule has 0 spiro atoms. The van der Waals surface area contributed by atoms with Gasteiger partial charge in [0.1, 0.15) is 5.82 Å². The molecule has 0 aliphatic heterocycles. The molecule has 0 saturated heterocycles. The lowest BCUT2D eigenvalue weighted by Crippen LogP contribution is -2.35. The van der Waals surface area contributed by atoms with Crippen LogP contribution in [0.4, 0.5) is 5.82 Å². The molecule has 0 radical (unpaired) electrons. The summed E-state index contributed by atoms with van der Waals surface area (Å²) in [5.74, 6) is 1.74. The van der Waals surface area contributed by atoms with Gasteiger partial charge in [0, 0.05) is 25.2 Å². The summed E-state index contributed by atoms with van der Waals surface area (Å²) in [6.07, 6.45) is 0. The minimum Gasteiger partial charge on any atom is -0.357 e. The highest BCUT2D eigenvalue weighted by Crippen LogP contribution is 2.14. The van der Waals surface area contributed by atoms with E-state index in [4.69, 9.17) is 4.98 Å². The summed E-state index contributed by atoms with van der Waals surface area (Å²) in [5.41, 5.74) is 1.23. The molecule has 1 N–H and O–H groups in total. The standard InChI is InChI=1S/C16H29N3/c1-7-19(12-13(2)3)15-10-8-9-14(18-15)11-17-16(4,5)6/h8-10,13,17H,7,11-12H2,1-6H3. The fourth-order valence-corrected chi connectivity index (χ4v) is 1.92. The Hall–Kier alpha value is -1.09. The predicted molar refractivity (Wildman–Crippen MR) is 83.6 cm³/mol.